The Kier molecular flexibility index (Phi) is 5.13. The van der Waals surface area contributed by atoms with E-state index in [1.807, 2.05) is 33.8 Å². The maximum absolute atomic E-state index is 12.0. The first-order valence-electron chi connectivity index (χ1n) is 6.60. The van der Waals surface area contributed by atoms with Gasteiger partial charge in [-0.15, -0.1) is 0 Å². The predicted octanol–water partition coefficient (Wildman–Crippen LogP) is 2.45. The molecule has 0 saturated carbocycles. The van der Waals surface area contributed by atoms with E-state index >= 15 is 0 Å². The van der Waals surface area contributed by atoms with Crippen molar-refractivity contribution < 1.29 is 19.8 Å². The zero-order valence-electron chi connectivity index (χ0n) is 12.2. The largest absolute Gasteiger partial charge is 0.507 e. The highest BCUT2D eigenvalue weighted by Crippen LogP contribution is 2.32. The number of carboxylic acids is 1. The highest BCUT2D eigenvalue weighted by atomic mass is 16.4. The molecular weight excluding hydrogens is 258 g/mol. The summed E-state index contributed by atoms with van der Waals surface area (Å²) in [7, 11) is 0. The summed E-state index contributed by atoms with van der Waals surface area (Å²) in [5.74, 6) is -1.50. The summed E-state index contributed by atoms with van der Waals surface area (Å²) in [5.41, 5.74) is 1.75. The molecule has 110 valence electrons. The second-order valence-electron chi connectivity index (χ2n) is 5.39. The van der Waals surface area contributed by atoms with Crippen molar-refractivity contribution in [3.8, 4) is 5.75 Å². The van der Waals surface area contributed by atoms with Crippen molar-refractivity contribution in [1.29, 1.82) is 0 Å². The van der Waals surface area contributed by atoms with Gasteiger partial charge in [0, 0.05) is 0 Å². The van der Waals surface area contributed by atoms with Crippen LogP contribution in [0.5, 0.6) is 5.75 Å². The molecule has 0 radical (unpaired) electrons. The Morgan fingerprint density at radius 1 is 1.15 bits per heavy atom. The molecular formula is C15H21NO4. The summed E-state index contributed by atoms with van der Waals surface area (Å²) < 4.78 is 0. The van der Waals surface area contributed by atoms with Gasteiger partial charge in [0.15, 0.2) is 0 Å². The maximum atomic E-state index is 12.0. The second kappa shape index (κ2) is 6.41. The molecule has 1 aromatic carbocycles. The Bertz CT molecular complexity index is 521. The number of aliphatic carboxylic acids is 1. The standard InChI is InChI=1S/C15H21NO4/c1-8(2)10-5-11(9(3)4)14(19)12(6-10)15(20)16-7-13(17)18/h5-6,8-9,19H,7H2,1-4H3,(H,16,20)(H,17,18). The van der Waals surface area contributed by atoms with E-state index in [4.69, 9.17) is 5.11 Å². The van der Waals surface area contributed by atoms with Gasteiger partial charge in [0.25, 0.3) is 5.91 Å². The number of phenolic OH excluding ortho intramolecular Hbond substituents is 1. The zero-order valence-corrected chi connectivity index (χ0v) is 12.2. The first-order valence-corrected chi connectivity index (χ1v) is 6.60. The first-order chi connectivity index (χ1) is 9.23. The van der Waals surface area contributed by atoms with Crippen LogP contribution in [-0.2, 0) is 4.79 Å². The smallest absolute Gasteiger partial charge is 0.322 e. The van der Waals surface area contributed by atoms with Crippen LogP contribution in [0.15, 0.2) is 12.1 Å². The summed E-state index contributed by atoms with van der Waals surface area (Å²) in [6.07, 6.45) is 0. The summed E-state index contributed by atoms with van der Waals surface area (Å²) in [6, 6.07) is 3.50. The topological polar surface area (TPSA) is 86.6 Å². The van der Waals surface area contributed by atoms with E-state index < -0.39 is 18.4 Å². The Morgan fingerprint density at radius 3 is 2.20 bits per heavy atom. The molecule has 0 bridgehead atoms. The van der Waals surface area contributed by atoms with Crippen LogP contribution in [0, 0.1) is 0 Å². The molecule has 0 spiro atoms. The molecule has 5 heteroatoms. The van der Waals surface area contributed by atoms with E-state index in [2.05, 4.69) is 5.32 Å². The number of nitrogens with one attached hydrogen (secondary N) is 1. The van der Waals surface area contributed by atoms with Crippen LogP contribution >= 0.6 is 0 Å². The van der Waals surface area contributed by atoms with Gasteiger partial charge in [-0.3, -0.25) is 9.59 Å². The van der Waals surface area contributed by atoms with Crippen molar-refractivity contribution in [1.82, 2.24) is 5.32 Å². The van der Waals surface area contributed by atoms with E-state index in [1.165, 1.54) is 0 Å². The third kappa shape index (κ3) is 3.73. The molecule has 0 heterocycles. The van der Waals surface area contributed by atoms with Crippen molar-refractivity contribution in [2.24, 2.45) is 0 Å². The minimum Gasteiger partial charge on any atom is -0.507 e. The Morgan fingerprint density at radius 2 is 1.75 bits per heavy atom. The highest BCUT2D eigenvalue weighted by Gasteiger charge is 2.19. The third-order valence-corrected chi connectivity index (χ3v) is 3.10. The quantitative estimate of drug-likeness (QED) is 0.772. The third-order valence-electron chi connectivity index (χ3n) is 3.10. The SMILES string of the molecule is CC(C)c1cc(C(=O)NCC(=O)O)c(O)c(C(C)C)c1. The lowest BCUT2D eigenvalue weighted by atomic mass is 9.91. The molecule has 3 N–H and O–H groups in total. The van der Waals surface area contributed by atoms with E-state index in [1.54, 1.807) is 6.07 Å². The fraction of sp³-hybridized carbons (Fsp3) is 0.467. The maximum Gasteiger partial charge on any atom is 0.322 e. The van der Waals surface area contributed by atoms with Gasteiger partial charge in [0.2, 0.25) is 0 Å². The Balaban J connectivity index is 3.23. The van der Waals surface area contributed by atoms with Crippen LogP contribution < -0.4 is 5.32 Å². The molecule has 0 aliphatic carbocycles. The molecule has 1 rings (SSSR count). The number of benzene rings is 1. The molecule has 0 unspecified atom stereocenters. The average molecular weight is 279 g/mol. The van der Waals surface area contributed by atoms with Crippen LogP contribution in [0.2, 0.25) is 0 Å². The molecule has 0 atom stereocenters. The van der Waals surface area contributed by atoms with Crippen LogP contribution in [0.1, 0.15) is 61.0 Å². The minimum absolute atomic E-state index is 0.0692. The molecule has 0 aliphatic heterocycles. The van der Waals surface area contributed by atoms with E-state index in [9.17, 15) is 14.7 Å². The molecule has 0 saturated heterocycles. The van der Waals surface area contributed by atoms with Crippen molar-refractivity contribution in [3.63, 3.8) is 0 Å². The molecule has 5 nitrogen and oxygen atoms in total. The monoisotopic (exact) mass is 279 g/mol. The van der Waals surface area contributed by atoms with Crippen molar-refractivity contribution in [2.45, 2.75) is 39.5 Å². The van der Waals surface area contributed by atoms with Crippen molar-refractivity contribution >= 4 is 11.9 Å². The van der Waals surface area contributed by atoms with Gasteiger partial charge in [0.1, 0.15) is 12.3 Å². The van der Waals surface area contributed by atoms with Gasteiger partial charge in [-0.1, -0.05) is 33.8 Å². The molecule has 0 aliphatic rings. The summed E-state index contributed by atoms with van der Waals surface area (Å²) in [4.78, 5) is 22.5. The molecule has 0 fully saturated rings. The van der Waals surface area contributed by atoms with Gasteiger partial charge in [-0.2, -0.15) is 0 Å². The van der Waals surface area contributed by atoms with Gasteiger partial charge >= 0.3 is 5.97 Å². The number of rotatable bonds is 5. The number of hydrogen-bond acceptors (Lipinski definition) is 3. The number of aromatic hydroxyl groups is 1. The Hall–Kier alpha value is -2.04. The summed E-state index contributed by atoms with van der Waals surface area (Å²) >= 11 is 0. The normalized spacial score (nSPS) is 10.9. The second-order valence-corrected chi connectivity index (χ2v) is 5.39. The average Bonchev–Trinajstić information content (AvgIpc) is 2.35. The van der Waals surface area contributed by atoms with E-state index in [0.29, 0.717) is 5.56 Å². The number of amides is 1. The number of hydrogen-bond donors (Lipinski definition) is 3. The van der Waals surface area contributed by atoms with Crippen LogP contribution in [0.4, 0.5) is 0 Å². The van der Waals surface area contributed by atoms with Crippen LogP contribution in [0.3, 0.4) is 0 Å². The lowest BCUT2D eigenvalue weighted by molar-refractivity contribution is -0.135. The van der Waals surface area contributed by atoms with Gasteiger partial charge in [0.05, 0.1) is 5.56 Å². The fourth-order valence-corrected chi connectivity index (χ4v) is 1.88. The van der Waals surface area contributed by atoms with Crippen molar-refractivity contribution in [3.05, 3.63) is 28.8 Å². The fourth-order valence-electron chi connectivity index (χ4n) is 1.88. The number of carboxylic acid groups (broad SMARTS) is 1. The highest BCUT2D eigenvalue weighted by molar-refractivity contribution is 5.98. The van der Waals surface area contributed by atoms with Gasteiger partial charge in [-0.05, 0) is 29.0 Å². The van der Waals surface area contributed by atoms with E-state index in [0.717, 1.165) is 5.56 Å². The van der Waals surface area contributed by atoms with Crippen molar-refractivity contribution in [2.75, 3.05) is 6.54 Å². The summed E-state index contributed by atoms with van der Waals surface area (Å²) in [6.45, 7) is 7.38. The molecule has 1 aromatic rings. The number of carbonyl (C=O) groups excluding carboxylic acids is 1. The van der Waals surface area contributed by atoms with E-state index in [-0.39, 0.29) is 23.1 Å². The molecule has 0 aromatic heterocycles. The Labute approximate surface area is 118 Å². The minimum atomic E-state index is -1.12. The molecule has 1 amide bonds. The van der Waals surface area contributed by atoms with Gasteiger partial charge in [-0.25, -0.2) is 0 Å². The number of phenols is 1. The zero-order chi connectivity index (χ0) is 15.4. The lowest BCUT2D eigenvalue weighted by Gasteiger charge is -2.16. The number of carbonyl (C=O) groups is 2. The predicted molar refractivity (Wildman–Crippen MR) is 76.3 cm³/mol. The first kappa shape index (κ1) is 16.0. The lowest BCUT2D eigenvalue weighted by Crippen LogP contribution is -2.29. The van der Waals surface area contributed by atoms with Crippen LogP contribution in [-0.4, -0.2) is 28.6 Å². The van der Waals surface area contributed by atoms with Gasteiger partial charge < -0.3 is 15.5 Å². The van der Waals surface area contributed by atoms with Crippen LogP contribution in [0.25, 0.3) is 0 Å². The summed E-state index contributed by atoms with van der Waals surface area (Å²) in [5, 5.41) is 21.1. The molecule has 20 heavy (non-hydrogen) atoms.